The van der Waals surface area contributed by atoms with Crippen LogP contribution in [0.5, 0.6) is 5.75 Å². The fraction of sp³-hybridized carbons (Fsp3) is 0.0625. The van der Waals surface area contributed by atoms with Gasteiger partial charge in [-0.25, -0.2) is 4.98 Å². The summed E-state index contributed by atoms with van der Waals surface area (Å²) in [6, 6.07) is 13.3. The van der Waals surface area contributed by atoms with Gasteiger partial charge in [0.2, 0.25) is 0 Å². The fourth-order valence-corrected chi connectivity index (χ4v) is 2.90. The quantitative estimate of drug-likeness (QED) is 0.695. The number of hydrogen-bond acceptors (Lipinski definition) is 4. The molecule has 3 rings (SSSR count). The van der Waals surface area contributed by atoms with E-state index >= 15 is 0 Å². The second-order valence-corrected chi connectivity index (χ2v) is 6.36. The molecule has 0 aliphatic rings. The van der Waals surface area contributed by atoms with Crippen molar-refractivity contribution in [1.82, 2.24) is 9.55 Å². The number of aryl methyl sites for hydroxylation is 1. The molecule has 0 atom stereocenters. The lowest BCUT2D eigenvalue weighted by Crippen LogP contribution is -2.09. The number of imidazole rings is 1. The van der Waals surface area contributed by atoms with Crippen molar-refractivity contribution in [2.24, 2.45) is 0 Å². The van der Waals surface area contributed by atoms with E-state index in [0.29, 0.717) is 0 Å². The summed E-state index contributed by atoms with van der Waals surface area (Å²) in [5.74, 6) is 0.268. The standard InChI is InChI=1S/C16H14N2O3S/c1-13-2-8-16(9-3-13)22(19,20)21-15-6-4-14(5-7-15)18-11-10-17-12-18/h2-12H,1H3. The maximum Gasteiger partial charge on any atom is 0.339 e. The highest BCUT2D eigenvalue weighted by Crippen LogP contribution is 2.20. The monoisotopic (exact) mass is 314 g/mol. The maximum atomic E-state index is 12.2. The summed E-state index contributed by atoms with van der Waals surface area (Å²) in [5.41, 5.74) is 1.86. The molecule has 112 valence electrons. The third kappa shape index (κ3) is 3.01. The third-order valence-electron chi connectivity index (χ3n) is 3.15. The summed E-state index contributed by atoms with van der Waals surface area (Å²) in [5, 5.41) is 0. The van der Waals surface area contributed by atoms with Gasteiger partial charge in [0, 0.05) is 18.1 Å². The molecule has 0 N–H and O–H groups in total. The molecule has 0 aliphatic carbocycles. The van der Waals surface area contributed by atoms with Crippen molar-refractivity contribution in [2.45, 2.75) is 11.8 Å². The van der Waals surface area contributed by atoms with Crippen molar-refractivity contribution in [1.29, 1.82) is 0 Å². The van der Waals surface area contributed by atoms with Gasteiger partial charge in [-0.3, -0.25) is 0 Å². The van der Waals surface area contributed by atoms with E-state index in [1.807, 2.05) is 11.5 Å². The number of aromatic nitrogens is 2. The molecule has 0 amide bonds. The second kappa shape index (κ2) is 5.65. The third-order valence-corrected chi connectivity index (χ3v) is 4.42. The van der Waals surface area contributed by atoms with Crippen LogP contribution < -0.4 is 4.18 Å². The zero-order valence-electron chi connectivity index (χ0n) is 11.9. The Morgan fingerprint density at radius 1 is 1.00 bits per heavy atom. The van der Waals surface area contributed by atoms with Gasteiger partial charge in [-0.1, -0.05) is 17.7 Å². The Balaban J connectivity index is 1.82. The SMILES string of the molecule is Cc1ccc(S(=O)(=O)Oc2ccc(-n3ccnc3)cc2)cc1. The normalized spacial score (nSPS) is 11.3. The van der Waals surface area contributed by atoms with Gasteiger partial charge in [0.1, 0.15) is 10.6 Å². The first kappa shape index (κ1) is 14.3. The summed E-state index contributed by atoms with van der Waals surface area (Å²) in [7, 11) is -3.82. The average Bonchev–Trinajstić information content (AvgIpc) is 3.02. The van der Waals surface area contributed by atoms with E-state index in [1.54, 1.807) is 55.1 Å². The minimum atomic E-state index is -3.82. The maximum absolute atomic E-state index is 12.2. The molecule has 0 saturated carbocycles. The van der Waals surface area contributed by atoms with Gasteiger partial charge < -0.3 is 8.75 Å². The van der Waals surface area contributed by atoms with Crippen molar-refractivity contribution in [3.05, 3.63) is 72.8 Å². The van der Waals surface area contributed by atoms with Gasteiger partial charge in [-0.15, -0.1) is 0 Å². The minimum absolute atomic E-state index is 0.136. The lowest BCUT2D eigenvalue weighted by molar-refractivity contribution is 0.486. The molecular weight excluding hydrogens is 300 g/mol. The van der Waals surface area contributed by atoms with Crippen LogP contribution in [0.15, 0.2) is 72.1 Å². The van der Waals surface area contributed by atoms with Gasteiger partial charge in [0.15, 0.2) is 0 Å². The molecular formula is C16H14N2O3S. The van der Waals surface area contributed by atoms with Crippen molar-refractivity contribution >= 4 is 10.1 Å². The first-order valence-electron chi connectivity index (χ1n) is 6.64. The predicted molar refractivity (Wildman–Crippen MR) is 82.6 cm³/mol. The van der Waals surface area contributed by atoms with E-state index in [-0.39, 0.29) is 10.6 Å². The Morgan fingerprint density at radius 2 is 1.68 bits per heavy atom. The molecule has 0 saturated heterocycles. The Morgan fingerprint density at radius 3 is 2.27 bits per heavy atom. The first-order chi connectivity index (χ1) is 10.5. The van der Waals surface area contributed by atoms with Gasteiger partial charge in [-0.05, 0) is 43.3 Å². The summed E-state index contributed by atoms with van der Waals surface area (Å²) < 4.78 is 31.3. The van der Waals surface area contributed by atoms with Crippen molar-refractivity contribution < 1.29 is 12.6 Å². The van der Waals surface area contributed by atoms with Gasteiger partial charge in [0.25, 0.3) is 0 Å². The van der Waals surface area contributed by atoms with E-state index in [9.17, 15) is 8.42 Å². The molecule has 1 aromatic heterocycles. The van der Waals surface area contributed by atoms with Crippen LogP contribution in [0.25, 0.3) is 5.69 Å². The Kier molecular flexibility index (Phi) is 3.68. The molecule has 2 aromatic carbocycles. The average molecular weight is 314 g/mol. The molecule has 22 heavy (non-hydrogen) atoms. The summed E-state index contributed by atoms with van der Waals surface area (Å²) >= 11 is 0. The summed E-state index contributed by atoms with van der Waals surface area (Å²) in [4.78, 5) is 4.10. The molecule has 0 radical (unpaired) electrons. The predicted octanol–water partition coefficient (Wildman–Crippen LogP) is 2.95. The molecule has 1 heterocycles. The summed E-state index contributed by atoms with van der Waals surface area (Å²) in [6.45, 7) is 1.89. The van der Waals surface area contributed by atoms with Crippen LogP contribution in [0.1, 0.15) is 5.56 Å². The number of nitrogens with zero attached hydrogens (tertiary/aromatic N) is 2. The fourth-order valence-electron chi connectivity index (χ4n) is 1.97. The van der Waals surface area contributed by atoms with Crippen LogP contribution in [0, 0.1) is 6.92 Å². The van der Waals surface area contributed by atoms with E-state index in [0.717, 1.165) is 11.3 Å². The van der Waals surface area contributed by atoms with E-state index < -0.39 is 10.1 Å². The molecule has 0 aliphatic heterocycles. The van der Waals surface area contributed by atoms with Crippen molar-refractivity contribution in [3.8, 4) is 11.4 Å². The summed E-state index contributed by atoms with van der Waals surface area (Å²) in [6.07, 6.45) is 5.14. The van der Waals surface area contributed by atoms with Gasteiger partial charge in [0.05, 0.1) is 6.33 Å². The van der Waals surface area contributed by atoms with Crippen LogP contribution >= 0.6 is 0 Å². The molecule has 0 fully saturated rings. The highest BCUT2D eigenvalue weighted by molar-refractivity contribution is 7.87. The Hall–Kier alpha value is -2.60. The van der Waals surface area contributed by atoms with Crippen LogP contribution in [-0.2, 0) is 10.1 Å². The highest BCUT2D eigenvalue weighted by Gasteiger charge is 2.16. The topological polar surface area (TPSA) is 61.2 Å². The van der Waals surface area contributed by atoms with Crippen molar-refractivity contribution in [3.63, 3.8) is 0 Å². The van der Waals surface area contributed by atoms with Crippen LogP contribution in [0.4, 0.5) is 0 Å². The first-order valence-corrected chi connectivity index (χ1v) is 8.05. The number of hydrogen-bond donors (Lipinski definition) is 0. The lowest BCUT2D eigenvalue weighted by atomic mass is 10.2. The number of rotatable bonds is 4. The zero-order chi connectivity index (χ0) is 15.6. The molecule has 0 bridgehead atoms. The molecule has 6 heteroatoms. The van der Waals surface area contributed by atoms with Gasteiger partial charge >= 0.3 is 10.1 Å². The zero-order valence-corrected chi connectivity index (χ0v) is 12.7. The largest absolute Gasteiger partial charge is 0.379 e. The van der Waals surface area contributed by atoms with Crippen LogP contribution in [0.3, 0.4) is 0 Å². The van der Waals surface area contributed by atoms with Crippen LogP contribution in [-0.4, -0.2) is 18.0 Å². The Bertz CT molecular complexity index is 853. The molecule has 0 spiro atoms. The van der Waals surface area contributed by atoms with E-state index in [2.05, 4.69) is 4.98 Å². The van der Waals surface area contributed by atoms with E-state index in [4.69, 9.17) is 4.18 Å². The minimum Gasteiger partial charge on any atom is -0.379 e. The number of benzene rings is 2. The molecule has 3 aromatic rings. The Labute approximate surface area is 128 Å². The van der Waals surface area contributed by atoms with Crippen molar-refractivity contribution in [2.75, 3.05) is 0 Å². The van der Waals surface area contributed by atoms with Gasteiger partial charge in [-0.2, -0.15) is 8.42 Å². The molecule has 5 nitrogen and oxygen atoms in total. The van der Waals surface area contributed by atoms with E-state index in [1.165, 1.54) is 12.1 Å². The highest BCUT2D eigenvalue weighted by atomic mass is 32.2. The smallest absolute Gasteiger partial charge is 0.339 e. The second-order valence-electron chi connectivity index (χ2n) is 4.81. The lowest BCUT2D eigenvalue weighted by Gasteiger charge is -2.08. The molecule has 0 unspecified atom stereocenters. The van der Waals surface area contributed by atoms with Crippen LogP contribution in [0.2, 0.25) is 0 Å².